The van der Waals surface area contributed by atoms with Crippen molar-refractivity contribution in [2.75, 3.05) is 33.9 Å². The molecule has 57 heavy (non-hydrogen) atoms. The fourth-order valence-corrected chi connectivity index (χ4v) is 11.9. The van der Waals surface area contributed by atoms with Crippen LogP contribution in [0.3, 0.4) is 0 Å². The van der Waals surface area contributed by atoms with E-state index in [9.17, 15) is 24.6 Å². The maximum atomic E-state index is 14.3. The van der Waals surface area contributed by atoms with Gasteiger partial charge >= 0.3 is 5.97 Å². The third-order valence-corrected chi connectivity index (χ3v) is 14.0. The summed E-state index contributed by atoms with van der Waals surface area (Å²) in [4.78, 5) is 41.7. The van der Waals surface area contributed by atoms with E-state index < -0.39 is 81.4 Å². The molecule has 0 radical (unpaired) electrons. The zero-order valence-corrected chi connectivity index (χ0v) is 35.4. The largest absolute Gasteiger partial charge is 0.504 e. The minimum absolute atomic E-state index is 0. The van der Waals surface area contributed by atoms with Crippen LogP contribution >= 0.6 is 12.4 Å². The zero-order chi connectivity index (χ0) is 41.0. The van der Waals surface area contributed by atoms with Crippen molar-refractivity contribution in [2.45, 2.75) is 135 Å². The minimum Gasteiger partial charge on any atom is -0.504 e. The van der Waals surface area contributed by atoms with Gasteiger partial charge in [0, 0.05) is 30.3 Å². The molecule has 5 fully saturated rings. The number of carbonyl (C=O) groups is 3. The standard InChI is InChI=1S/C28H32O7.C14H27NO6.ClH/c1-14(29)34-17-12-26(5)16(15-8-10-33-13-15)11-19-28(26,35-19)27(6)21(17)25(4)9-7-18(30)24(2,3)22(25)20(31)23(27)32;1-14(2)20-12-11(18-7-5-6-15(3)4)10(9(17)8-16)19-13(12)21-14;/h7-10,13,16-17,19,21,31H,11-12H2,1-6H3;9-13,16-17H,5-8H2,1-4H3;1H. The number of hydrogen-bond acceptors (Lipinski definition) is 14. The second-order valence-corrected chi connectivity index (χ2v) is 18.6. The van der Waals surface area contributed by atoms with Gasteiger partial charge in [-0.25, -0.2) is 0 Å². The van der Waals surface area contributed by atoms with Crippen molar-refractivity contribution in [1.82, 2.24) is 4.90 Å². The summed E-state index contributed by atoms with van der Waals surface area (Å²) < 4.78 is 40.9. The number of aliphatic hydroxyl groups is 3. The van der Waals surface area contributed by atoms with E-state index in [1.54, 1.807) is 38.5 Å². The van der Waals surface area contributed by atoms with Crippen LogP contribution in [0.25, 0.3) is 0 Å². The molecule has 2 saturated carbocycles. The van der Waals surface area contributed by atoms with Gasteiger partial charge in [-0.05, 0) is 104 Å². The van der Waals surface area contributed by atoms with Gasteiger partial charge in [0.2, 0.25) is 5.78 Å². The summed E-state index contributed by atoms with van der Waals surface area (Å²) in [5.41, 5.74) is -3.06. The van der Waals surface area contributed by atoms with E-state index in [1.165, 1.54) is 6.92 Å². The van der Waals surface area contributed by atoms with Crippen LogP contribution in [0.15, 0.2) is 46.5 Å². The number of hydrogen-bond donors (Lipinski definition) is 3. The van der Waals surface area contributed by atoms with E-state index in [4.69, 9.17) is 37.9 Å². The maximum absolute atomic E-state index is 14.3. The summed E-state index contributed by atoms with van der Waals surface area (Å²) in [6.45, 7) is 15.5. The fraction of sp³-hybridized carbons (Fsp3) is 0.738. The lowest BCUT2D eigenvalue weighted by Gasteiger charge is -2.64. The number of carbonyl (C=O) groups excluding carboxylic acids is 3. The molecule has 1 aromatic heterocycles. The zero-order valence-electron chi connectivity index (χ0n) is 34.6. The maximum Gasteiger partial charge on any atom is 0.302 e. The lowest BCUT2D eigenvalue weighted by atomic mass is 9.38. The first-order valence-electron chi connectivity index (χ1n) is 19.8. The highest BCUT2D eigenvalue weighted by atomic mass is 35.5. The third-order valence-electron chi connectivity index (χ3n) is 14.0. The number of epoxide rings is 1. The fourth-order valence-electron chi connectivity index (χ4n) is 11.9. The molecule has 3 aliphatic heterocycles. The van der Waals surface area contributed by atoms with E-state index in [1.807, 2.05) is 47.9 Å². The van der Waals surface area contributed by atoms with Crippen molar-refractivity contribution in [2.24, 2.45) is 27.6 Å². The second kappa shape index (κ2) is 14.8. The van der Waals surface area contributed by atoms with Crippen molar-refractivity contribution in [1.29, 1.82) is 0 Å². The SMILES string of the molecule is CC(=O)OC1CC2(C)C(c3ccoc3)CC3OC32C2(C)C(=O)C(O)=C3C(C)(C)C(=O)C=CC3(C)C12.CN(C)CCCOC1C(C(O)CO)OC2OC(C)(C)OC21.Cl. The highest BCUT2D eigenvalue weighted by Gasteiger charge is 2.89. The number of nitrogens with zero attached hydrogens (tertiary/aromatic N) is 1. The molecule has 3 saturated heterocycles. The van der Waals surface area contributed by atoms with Gasteiger partial charge < -0.3 is 53.1 Å². The van der Waals surface area contributed by atoms with Crippen LogP contribution in [0.5, 0.6) is 0 Å². The van der Waals surface area contributed by atoms with Crippen LogP contribution < -0.4 is 0 Å². The van der Waals surface area contributed by atoms with Crippen LogP contribution in [0, 0.1) is 27.6 Å². The number of rotatable bonds is 9. The quantitative estimate of drug-likeness (QED) is 0.181. The van der Waals surface area contributed by atoms with E-state index >= 15 is 0 Å². The average molecular weight is 822 g/mol. The molecule has 8 rings (SSSR count). The Hall–Kier alpha value is -2.66. The number of halogens is 1. The molecule has 13 atom stereocenters. The van der Waals surface area contributed by atoms with Gasteiger partial charge in [0.1, 0.15) is 36.1 Å². The first kappa shape index (κ1) is 43.9. The molecular formula is C42H60ClNO13. The summed E-state index contributed by atoms with van der Waals surface area (Å²) in [6, 6.07) is 1.95. The molecular weight excluding hydrogens is 762 g/mol. The molecule has 1 spiro atoms. The first-order chi connectivity index (χ1) is 26.1. The monoisotopic (exact) mass is 821 g/mol. The van der Waals surface area contributed by atoms with Crippen LogP contribution in [0.1, 0.15) is 86.1 Å². The molecule has 1 aromatic rings. The summed E-state index contributed by atoms with van der Waals surface area (Å²) in [5, 5.41) is 30.5. The van der Waals surface area contributed by atoms with Gasteiger partial charge in [0.15, 0.2) is 23.6 Å². The van der Waals surface area contributed by atoms with Crippen molar-refractivity contribution in [3.8, 4) is 0 Å². The van der Waals surface area contributed by atoms with E-state index in [0.29, 0.717) is 25.0 Å². The Balaban J connectivity index is 0.000000215. The van der Waals surface area contributed by atoms with Gasteiger partial charge in [0.25, 0.3) is 0 Å². The molecule has 7 aliphatic rings. The van der Waals surface area contributed by atoms with Crippen molar-refractivity contribution < 1.29 is 62.5 Å². The Morgan fingerprint density at radius 3 is 2.39 bits per heavy atom. The molecule has 0 aromatic carbocycles. The molecule has 3 N–H and O–H groups in total. The number of ketones is 2. The molecule has 14 nitrogen and oxygen atoms in total. The van der Waals surface area contributed by atoms with Crippen molar-refractivity contribution >= 4 is 29.9 Å². The summed E-state index contributed by atoms with van der Waals surface area (Å²) in [5.74, 6) is -2.56. The number of allylic oxidation sites excluding steroid dienone is 4. The highest BCUT2D eigenvalue weighted by Crippen LogP contribution is 2.81. The lowest BCUT2D eigenvalue weighted by molar-refractivity contribution is -0.231. The predicted molar refractivity (Wildman–Crippen MR) is 206 cm³/mol. The molecule has 0 amide bonds. The normalized spacial score (nSPS) is 42.2. The first-order valence-corrected chi connectivity index (χ1v) is 19.8. The Morgan fingerprint density at radius 2 is 1.77 bits per heavy atom. The summed E-state index contributed by atoms with van der Waals surface area (Å²) in [6.07, 6.45) is 5.00. The van der Waals surface area contributed by atoms with E-state index in [0.717, 1.165) is 18.5 Å². The number of esters is 1. The van der Waals surface area contributed by atoms with Crippen LogP contribution in [-0.4, -0.2) is 126 Å². The average Bonchev–Trinajstić information content (AvgIpc) is 3.39. The number of furan rings is 1. The van der Waals surface area contributed by atoms with Gasteiger partial charge in [0.05, 0.1) is 36.1 Å². The molecule has 318 valence electrons. The molecule has 4 heterocycles. The van der Waals surface area contributed by atoms with Gasteiger partial charge in [-0.15, -0.1) is 12.4 Å². The Bertz CT molecular complexity index is 1790. The molecule has 15 heteroatoms. The predicted octanol–water partition coefficient (Wildman–Crippen LogP) is 4.41. The van der Waals surface area contributed by atoms with Crippen molar-refractivity contribution in [3.05, 3.63) is 47.6 Å². The molecule has 4 aliphatic carbocycles. The van der Waals surface area contributed by atoms with Gasteiger partial charge in [-0.1, -0.05) is 19.9 Å². The topological polar surface area (TPSA) is 187 Å². The van der Waals surface area contributed by atoms with E-state index in [-0.39, 0.29) is 48.7 Å². The Kier molecular flexibility index (Phi) is 11.4. The Labute approximate surface area is 340 Å². The minimum atomic E-state index is -1.17. The number of aliphatic hydroxyl groups excluding tert-OH is 3. The number of ether oxygens (including phenoxy) is 6. The van der Waals surface area contributed by atoms with Gasteiger partial charge in [-0.3, -0.25) is 14.4 Å². The lowest BCUT2D eigenvalue weighted by Crippen LogP contribution is -2.70. The highest BCUT2D eigenvalue weighted by molar-refractivity contribution is 6.06. The number of fused-ring (bicyclic) bond motifs is 4. The number of Topliss-reactive ketones (excluding diaryl/α,β-unsaturated/α-hetero) is 1. The van der Waals surface area contributed by atoms with Gasteiger partial charge in [-0.2, -0.15) is 0 Å². The smallest absolute Gasteiger partial charge is 0.302 e. The summed E-state index contributed by atoms with van der Waals surface area (Å²) >= 11 is 0. The third kappa shape index (κ3) is 6.48. The van der Waals surface area contributed by atoms with Crippen LogP contribution in [0.2, 0.25) is 0 Å². The Morgan fingerprint density at radius 1 is 1.07 bits per heavy atom. The van der Waals surface area contributed by atoms with Crippen LogP contribution in [0.4, 0.5) is 0 Å². The molecule has 13 unspecified atom stereocenters. The second-order valence-electron chi connectivity index (χ2n) is 18.6. The van der Waals surface area contributed by atoms with Crippen molar-refractivity contribution in [3.63, 3.8) is 0 Å². The van der Waals surface area contributed by atoms with Crippen LogP contribution in [-0.2, 0) is 42.8 Å². The molecule has 0 bridgehead atoms. The van der Waals surface area contributed by atoms with E-state index in [2.05, 4.69) is 11.8 Å². The summed E-state index contributed by atoms with van der Waals surface area (Å²) in [7, 11) is 4.01.